The molecule has 25 heavy (non-hydrogen) atoms. The number of halogens is 1. The van der Waals surface area contributed by atoms with Gasteiger partial charge in [0.2, 0.25) is 0 Å². The van der Waals surface area contributed by atoms with Crippen LogP contribution >= 0.6 is 24.0 Å². The fourth-order valence-electron chi connectivity index (χ4n) is 3.73. The highest BCUT2D eigenvalue weighted by atomic mass is 127. The van der Waals surface area contributed by atoms with Crippen molar-refractivity contribution in [2.75, 3.05) is 52.4 Å². The molecule has 1 heterocycles. The maximum Gasteiger partial charge on any atom is 0.191 e. The van der Waals surface area contributed by atoms with E-state index in [0.29, 0.717) is 6.04 Å². The van der Waals surface area contributed by atoms with Gasteiger partial charge >= 0.3 is 0 Å². The molecule has 0 unspecified atom stereocenters. The minimum atomic E-state index is 0. The summed E-state index contributed by atoms with van der Waals surface area (Å²) in [4.78, 5) is 9.94. The summed E-state index contributed by atoms with van der Waals surface area (Å²) in [5.41, 5.74) is 0. The van der Waals surface area contributed by atoms with Gasteiger partial charge in [-0.25, -0.2) is 0 Å². The molecule has 6 heteroatoms. The molecule has 0 aromatic heterocycles. The molecule has 2 aliphatic rings. The lowest BCUT2D eigenvalue weighted by molar-refractivity contribution is 0.136. The van der Waals surface area contributed by atoms with Crippen LogP contribution < -0.4 is 10.6 Å². The molecular formula is C19H40IN5. The molecule has 1 saturated carbocycles. The predicted octanol–water partition coefficient (Wildman–Crippen LogP) is 2.91. The topological polar surface area (TPSA) is 42.9 Å². The lowest BCUT2D eigenvalue weighted by Crippen LogP contribution is -2.46. The number of hydrogen-bond acceptors (Lipinski definition) is 3. The lowest BCUT2D eigenvalue weighted by Gasteiger charge is -2.33. The van der Waals surface area contributed by atoms with Gasteiger partial charge in [0, 0.05) is 45.3 Å². The number of likely N-dealkylation sites (N-methyl/N-ethyl adjacent to an activating group) is 1. The van der Waals surface area contributed by atoms with Crippen molar-refractivity contribution in [1.82, 2.24) is 20.4 Å². The average Bonchev–Trinajstić information content (AvgIpc) is 2.63. The molecule has 1 aliphatic heterocycles. The van der Waals surface area contributed by atoms with Gasteiger partial charge in [-0.15, -0.1) is 24.0 Å². The maximum absolute atomic E-state index is 4.78. The summed E-state index contributed by atoms with van der Waals surface area (Å²) in [5.74, 6) is 1.03. The third-order valence-electron chi connectivity index (χ3n) is 5.35. The van der Waals surface area contributed by atoms with Gasteiger partial charge in [0.15, 0.2) is 5.96 Å². The predicted molar refractivity (Wildman–Crippen MR) is 119 cm³/mol. The fraction of sp³-hybridized carbons (Fsp3) is 0.947. The molecule has 0 aromatic carbocycles. The van der Waals surface area contributed by atoms with Gasteiger partial charge in [-0.05, 0) is 45.7 Å². The second kappa shape index (κ2) is 14.0. The van der Waals surface area contributed by atoms with Crippen LogP contribution in [0.15, 0.2) is 4.99 Å². The third kappa shape index (κ3) is 9.43. The molecule has 0 spiro atoms. The van der Waals surface area contributed by atoms with Crippen molar-refractivity contribution in [2.24, 2.45) is 4.99 Å². The Hall–Kier alpha value is -0.0800. The van der Waals surface area contributed by atoms with E-state index < -0.39 is 0 Å². The Kier molecular flexibility index (Phi) is 12.9. The molecule has 5 nitrogen and oxygen atoms in total. The number of piperazine rings is 1. The minimum absolute atomic E-state index is 0. The number of nitrogens with zero attached hydrogens (tertiary/aromatic N) is 3. The van der Waals surface area contributed by atoms with Crippen molar-refractivity contribution < 1.29 is 0 Å². The van der Waals surface area contributed by atoms with Gasteiger partial charge in [0.1, 0.15) is 0 Å². The zero-order chi connectivity index (χ0) is 17.0. The summed E-state index contributed by atoms with van der Waals surface area (Å²) in [5, 5.41) is 7.04. The normalized spacial score (nSPS) is 21.0. The van der Waals surface area contributed by atoms with Crippen molar-refractivity contribution >= 4 is 29.9 Å². The molecule has 1 aliphatic carbocycles. The van der Waals surface area contributed by atoms with E-state index in [1.54, 1.807) is 0 Å². The molecule has 0 aromatic rings. The van der Waals surface area contributed by atoms with Crippen molar-refractivity contribution in [2.45, 2.75) is 64.8 Å². The van der Waals surface area contributed by atoms with E-state index >= 15 is 0 Å². The van der Waals surface area contributed by atoms with E-state index in [4.69, 9.17) is 4.99 Å². The molecule has 2 rings (SSSR count). The SMILES string of the molecule is CCNC(=NCCCCN1CCN(CC)CC1)NC1CCCCC1.I. The van der Waals surface area contributed by atoms with Crippen LogP contribution in [-0.2, 0) is 0 Å². The van der Waals surface area contributed by atoms with Gasteiger partial charge in [-0.1, -0.05) is 26.2 Å². The molecule has 1 saturated heterocycles. The smallest absolute Gasteiger partial charge is 0.191 e. The minimum Gasteiger partial charge on any atom is -0.357 e. The van der Waals surface area contributed by atoms with Crippen LogP contribution in [-0.4, -0.2) is 74.2 Å². The lowest BCUT2D eigenvalue weighted by atomic mass is 9.96. The quantitative estimate of drug-likeness (QED) is 0.251. The standard InChI is InChI=1S/C19H39N5.HI/c1-3-20-19(22-18-10-6-5-7-11-18)21-12-8-9-13-24-16-14-23(4-2)15-17-24;/h18H,3-17H2,1-2H3,(H2,20,21,22);1H. The Morgan fingerprint density at radius 3 is 2.28 bits per heavy atom. The molecule has 0 amide bonds. The first kappa shape index (κ1) is 23.0. The first-order valence-electron chi connectivity index (χ1n) is 10.3. The number of unbranched alkanes of at least 4 members (excludes halogenated alkanes) is 1. The van der Waals surface area contributed by atoms with Gasteiger partial charge < -0.3 is 20.4 Å². The molecule has 2 N–H and O–H groups in total. The van der Waals surface area contributed by atoms with E-state index in [1.165, 1.54) is 84.2 Å². The zero-order valence-corrected chi connectivity index (χ0v) is 18.8. The summed E-state index contributed by atoms with van der Waals surface area (Å²) in [6.07, 6.45) is 9.18. The summed E-state index contributed by atoms with van der Waals surface area (Å²) in [6, 6.07) is 0.631. The second-order valence-corrected chi connectivity index (χ2v) is 7.22. The van der Waals surface area contributed by atoms with E-state index in [0.717, 1.165) is 19.0 Å². The summed E-state index contributed by atoms with van der Waals surface area (Å²) in [7, 11) is 0. The molecule has 0 bridgehead atoms. The Labute approximate surface area is 172 Å². The molecular weight excluding hydrogens is 425 g/mol. The third-order valence-corrected chi connectivity index (χ3v) is 5.35. The highest BCUT2D eigenvalue weighted by molar-refractivity contribution is 14.0. The Morgan fingerprint density at radius 1 is 0.960 bits per heavy atom. The Bertz CT molecular complexity index is 350. The van der Waals surface area contributed by atoms with Gasteiger partial charge in [0.25, 0.3) is 0 Å². The van der Waals surface area contributed by atoms with Crippen LogP contribution in [0, 0.1) is 0 Å². The number of aliphatic imine (C=N–C) groups is 1. The van der Waals surface area contributed by atoms with Crippen LogP contribution in [0.5, 0.6) is 0 Å². The van der Waals surface area contributed by atoms with E-state index in [1.807, 2.05) is 0 Å². The summed E-state index contributed by atoms with van der Waals surface area (Å²) in [6.45, 7) is 13.7. The first-order valence-corrected chi connectivity index (χ1v) is 10.3. The fourth-order valence-corrected chi connectivity index (χ4v) is 3.73. The van der Waals surface area contributed by atoms with Crippen LogP contribution in [0.4, 0.5) is 0 Å². The van der Waals surface area contributed by atoms with E-state index in [-0.39, 0.29) is 24.0 Å². The Morgan fingerprint density at radius 2 is 1.64 bits per heavy atom. The van der Waals surface area contributed by atoms with Gasteiger partial charge in [0.05, 0.1) is 0 Å². The van der Waals surface area contributed by atoms with E-state index in [2.05, 4.69) is 34.3 Å². The molecule has 148 valence electrons. The van der Waals surface area contributed by atoms with Gasteiger partial charge in [-0.2, -0.15) is 0 Å². The van der Waals surface area contributed by atoms with Crippen molar-refractivity contribution in [3.05, 3.63) is 0 Å². The number of rotatable bonds is 8. The largest absolute Gasteiger partial charge is 0.357 e. The number of hydrogen-bond donors (Lipinski definition) is 2. The van der Waals surface area contributed by atoms with Gasteiger partial charge in [-0.3, -0.25) is 4.99 Å². The first-order chi connectivity index (χ1) is 11.8. The van der Waals surface area contributed by atoms with Crippen LogP contribution in [0.3, 0.4) is 0 Å². The van der Waals surface area contributed by atoms with Crippen LogP contribution in [0.25, 0.3) is 0 Å². The van der Waals surface area contributed by atoms with Crippen molar-refractivity contribution in [3.8, 4) is 0 Å². The highest BCUT2D eigenvalue weighted by Crippen LogP contribution is 2.17. The molecule has 2 fully saturated rings. The summed E-state index contributed by atoms with van der Waals surface area (Å²) < 4.78 is 0. The van der Waals surface area contributed by atoms with E-state index in [9.17, 15) is 0 Å². The average molecular weight is 465 g/mol. The van der Waals surface area contributed by atoms with Crippen LogP contribution in [0.1, 0.15) is 58.8 Å². The number of guanidine groups is 1. The number of nitrogens with one attached hydrogen (secondary N) is 2. The molecule has 0 radical (unpaired) electrons. The van der Waals surface area contributed by atoms with Crippen molar-refractivity contribution in [1.29, 1.82) is 0 Å². The maximum atomic E-state index is 4.78. The van der Waals surface area contributed by atoms with Crippen LogP contribution in [0.2, 0.25) is 0 Å². The Balaban J connectivity index is 0.00000312. The zero-order valence-electron chi connectivity index (χ0n) is 16.4. The van der Waals surface area contributed by atoms with Crippen molar-refractivity contribution in [3.63, 3.8) is 0 Å². The second-order valence-electron chi connectivity index (χ2n) is 7.22. The summed E-state index contributed by atoms with van der Waals surface area (Å²) >= 11 is 0. The molecule has 0 atom stereocenters. The highest BCUT2D eigenvalue weighted by Gasteiger charge is 2.15. The monoisotopic (exact) mass is 465 g/mol.